The number of nitrogens with zero attached hydrogens (tertiary/aromatic N) is 4. The van der Waals surface area contributed by atoms with Gasteiger partial charge >= 0.3 is 0 Å². The molecule has 0 aliphatic heterocycles. The molecule has 2 aromatic rings. The van der Waals surface area contributed by atoms with E-state index in [1.165, 1.54) is 12.0 Å². The van der Waals surface area contributed by atoms with E-state index in [9.17, 15) is 0 Å². The van der Waals surface area contributed by atoms with E-state index in [1.807, 2.05) is 7.05 Å². The molecule has 0 amide bonds. The topological polar surface area (TPSA) is 43.6 Å². The first-order valence-electron chi connectivity index (χ1n) is 5.28. The molecule has 0 saturated carbocycles. The van der Waals surface area contributed by atoms with E-state index in [4.69, 9.17) is 0 Å². The standard InChI is InChI=1S/C11H14N4S/c1-3-4-9-5-7-10(8-6-9)16-11-12-13-14-15(11)2/h5-8H,3-4H2,1-2H3. The minimum absolute atomic E-state index is 0.809. The van der Waals surface area contributed by atoms with E-state index in [0.29, 0.717) is 0 Å². The van der Waals surface area contributed by atoms with Gasteiger partial charge in [0, 0.05) is 11.9 Å². The quantitative estimate of drug-likeness (QED) is 0.814. The second-order valence-corrected chi connectivity index (χ2v) is 4.62. The van der Waals surface area contributed by atoms with Crippen molar-refractivity contribution in [1.82, 2.24) is 20.2 Å². The molecule has 0 fully saturated rings. The molecule has 4 nitrogen and oxygen atoms in total. The monoisotopic (exact) mass is 234 g/mol. The van der Waals surface area contributed by atoms with Crippen LogP contribution in [0.2, 0.25) is 0 Å². The zero-order valence-corrected chi connectivity index (χ0v) is 10.2. The van der Waals surface area contributed by atoms with E-state index < -0.39 is 0 Å². The molecule has 5 heteroatoms. The fourth-order valence-electron chi connectivity index (χ4n) is 1.43. The van der Waals surface area contributed by atoms with Crippen LogP contribution in [-0.2, 0) is 13.5 Å². The predicted molar refractivity (Wildman–Crippen MR) is 63.4 cm³/mol. The Morgan fingerprint density at radius 2 is 2.00 bits per heavy atom. The first-order valence-corrected chi connectivity index (χ1v) is 6.10. The Kier molecular flexibility index (Phi) is 3.56. The van der Waals surface area contributed by atoms with Gasteiger partial charge in [-0.05, 0) is 46.3 Å². The maximum Gasteiger partial charge on any atom is 0.213 e. The summed E-state index contributed by atoms with van der Waals surface area (Å²) < 4.78 is 1.67. The van der Waals surface area contributed by atoms with Gasteiger partial charge in [0.1, 0.15) is 0 Å². The van der Waals surface area contributed by atoms with Gasteiger partial charge in [0.05, 0.1) is 0 Å². The van der Waals surface area contributed by atoms with Gasteiger partial charge in [-0.1, -0.05) is 25.5 Å². The molecule has 1 aromatic carbocycles. The average molecular weight is 234 g/mol. The highest BCUT2D eigenvalue weighted by Crippen LogP contribution is 2.24. The first kappa shape index (κ1) is 11.1. The Morgan fingerprint density at radius 3 is 2.56 bits per heavy atom. The Bertz CT molecular complexity index is 449. The van der Waals surface area contributed by atoms with Gasteiger partial charge in [-0.3, -0.25) is 0 Å². The van der Waals surface area contributed by atoms with Crippen molar-refractivity contribution >= 4 is 11.8 Å². The lowest BCUT2D eigenvalue weighted by Gasteiger charge is -2.01. The fraction of sp³-hybridized carbons (Fsp3) is 0.364. The van der Waals surface area contributed by atoms with Crippen molar-refractivity contribution in [3.8, 4) is 0 Å². The highest BCUT2D eigenvalue weighted by atomic mass is 32.2. The van der Waals surface area contributed by atoms with Crippen molar-refractivity contribution in [2.24, 2.45) is 7.05 Å². The van der Waals surface area contributed by atoms with Crippen molar-refractivity contribution in [2.75, 3.05) is 0 Å². The van der Waals surface area contributed by atoms with Gasteiger partial charge in [0.25, 0.3) is 0 Å². The molecule has 0 aliphatic rings. The summed E-state index contributed by atoms with van der Waals surface area (Å²) in [5.41, 5.74) is 1.38. The number of tetrazole rings is 1. The van der Waals surface area contributed by atoms with Crippen molar-refractivity contribution < 1.29 is 0 Å². The lowest BCUT2D eigenvalue weighted by Crippen LogP contribution is -1.92. The molecule has 0 aliphatic carbocycles. The molecule has 0 spiro atoms. The zero-order chi connectivity index (χ0) is 11.4. The molecule has 0 bridgehead atoms. The number of benzene rings is 1. The van der Waals surface area contributed by atoms with Crippen molar-refractivity contribution in [3.05, 3.63) is 29.8 Å². The Hall–Kier alpha value is -1.36. The lowest BCUT2D eigenvalue weighted by molar-refractivity contribution is 0.664. The number of rotatable bonds is 4. The van der Waals surface area contributed by atoms with Crippen molar-refractivity contribution in [3.63, 3.8) is 0 Å². The average Bonchev–Trinajstić information content (AvgIpc) is 2.68. The van der Waals surface area contributed by atoms with Gasteiger partial charge in [-0.2, -0.15) is 0 Å². The van der Waals surface area contributed by atoms with Crippen LogP contribution in [0, 0.1) is 0 Å². The number of hydrogen-bond donors (Lipinski definition) is 0. The molecular formula is C11H14N4S. The Balaban J connectivity index is 2.08. The normalized spacial score (nSPS) is 10.6. The largest absolute Gasteiger partial charge is 0.223 e. The number of aromatic nitrogens is 4. The van der Waals surface area contributed by atoms with Crippen LogP contribution >= 0.6 is 11.8 Å². The number of aryl methyl sites for hydroxylation is 2. The summed E-state index contributed by atoms with van der Waals surface area (Å²) in [5.74, 6) is 0. The molecule has 1 aromatic heterocycles. The summed E-state index contributed by atoms with van der Waals surface area (Å²) in [6, 6.07) is 8.56. The van der Waals surface area contributed by atoms with Gasteiger partial charge < -0.3 is 0 Å². The summed E-state index contributed by atoms with van der Waals surface area (Å²) in [6.07, 6.45) is 2.32. The highest BCUT2D eigenvalue weighted by Gasteiger charge is 2.04. The summed E-state index contributed by atoms with van der Waals surface area (Å²) in [5, 5.41) is 12.1. The molecule has 0 unspecified atom stereocenters. The van der Waals surface area contributed by atoms with Gasteiger partial charge in [0.2, 0.25) is 5.16 Å². The molecule has 0 N–H and O–H groups in total. The molecule has 84 valence electrons. The minimum atomic E-state index is 0.809. The summed E-state index contributed by atoms with van der Waals surface area (Å²) in [6.45, 7) is 2.19. The minimum Gasteiger partial charge on any atom is -0.223 e. The molecule has 1 heterocycles. The molecular weight excluding hydrogens is 220 g/mol. The van der Waals surface area contributed by atoms with Crippen molar-refractivity contribution in [1.29, 1.82) is 0 Å². The SMILES string of the molecule is CCCc1ccc(Sc2nnnn2C)cc1. The third-order valence-corrected chi connectivity index (χ3v) is 3.29. The van der Waals surface area contributed by atoms with Crippen molar-refractivity contribution in [2.45, 2.75) is 29.8 Å². The van der Waals surface area contributed by atoms with E-state index in [0.717, 1.165) is 16.5 Å². The summed E-state index contributed by atoms with van der Waals surface area (Å²) >= 11 is 1.57. The second-order valence-electron chi connectivity index (χ2n) is 3.58. The van der Waals surface area contributed by atoms with Gasteiger partial charge in [0.15, 0.2) is 0 Å². The van der Waals surface area contributed by atoms with Crippen LogP contribution in [-0.4, -0.2) is 20.2 Å². The summed E-state index contributed by atoms with van der Waals surface area (Å²) in [4.78, 5) is 1.16. The maximum absolute atomic E-state index is 3.93. The molecule has 16 heavy (non-hydrogen) atoms. The van der Waals surface area contributed by atoms with E-state index in [-0.39, 0.29) is 0 Å². The molecule has 2 rings (SSSR count). The van der Waals surface area contributed by atoms with Gasteiger partial charge in [-0.15, -0.1) is 5.10 Å². The van der Waals surface area contributed by atoms with Gasteiger partial charge in [-0.25, -0.2) is 4.68 Å². The molecule has 0 radical (unpaired) electrons. The van der Waals surface area contributed by atoms with Crippen LogP contribution in [0.1, 0.15) is 18.9 Å². The maximum atomic E-state index is 3.93. The number of hydrogen-bond acceptors (Lipinski definition) is 4. The van der Waals surface area contributed by atoms with Crippen LogP contribution in [0.15, 0.2) is 34.3 Å². The zero-order valence-electron chi connectivity index (χ0n) is 9.42. The van der Waals surface area contributed by atoms with Crippen LogP contribution < -0.4 is 0 Å². The van der Waals surface area contributed by atoms with Crippen LogP contribution in [0.3, 0.4) is 0 Å². The molecule has 0 saturated heterocycles. The first-order chi connectivity index (χ1) is 7.79. The van der Waals surface area contributed by atoms with E-state index in [2.05, 4.69) is 46.7 Å². The molecule has 0 atom stereocenters. The smallest absolute Gasteiger partial charge is 0.213 e. The lowest BCUT2D eigenvalue weighted by atomic mass is 10.1. The van der Waals surface area contributed by atoms with Crippen LogP contribution in [0.25, 0.3) is 0 Å². The second kappa shape index (κ2) is 5.12. The third kappa shape index (κ3) is 2.61. The Morgan fingerprint density at radius 1 is 1.25 bits per heavy atom. The van der Waals surface area contributed by atoms with E-state index in [1.54, 1.807) is 16.4 Å². The predicted octanol–water partition coefficient (Wildman–Crippen LogP) is 2.31. The third-order valence-electron chi connectivity index (χ3n) is 2.25. The Labute approximate surface area is 99.1 Å². The highest BCUT2D eigenvalue weighted by molar-refractivity contribution is 7.99. The van der Waals surface area contributed by atoms with Crippen LogP contribution in [0.4, 0.5) is 0 Å². The summed E-state index contributed by atoms with van der Waals surface area (Å²) in [7, 11) is 1.84. The van der Waals surface area contributed by atoms with Crippen LogP contribution in [0.5, 0.6) is 0 Å². The van der Waals surface area contributed by atoms with E-state index >= 15 is 0 Å². The fourth-order valence-corrected chi connectivity index (χ4v) is 2.15.